The molecule has 0 unspecified atom stereocenters. The van der Waals surface area contributed by atoms with Crippen LogP contribution in [0.25, 0.3) is 0 Å². The van der Waals surface area contributed by atoms with Gasteiger partial charge in [0.1, 0.15) is 0 Å². The first-order valence-corrected chi connectivity index (χ1v) is 3.35. The molecule has 0 aromatic heterocycles. The van der Waals surface area contributed by atoms with E-state index in [-0.39, 0.29) is 11.6 Å². The maximum atomic E-state index is 10.8. The van der Waals surface area contributed by atoms with Gasteiger partial charge in [-0.3, -0.25) is 4.84 Å². The van der Waals surface area contributed by atoms with Crippen molar-refractivity contribution in [3.05, 3.63) is 20.2 Å². The third-order valence-corrected chi connectivity index (χ3v) is 0.961. The molecule has 10 heteroatoms. The molecule has 0 aliphatic rings. The van der Waals surface area contributed by atoms with E-state index < -0.39 is 22.9 Å². The lowest BCUT2D eigenvalue weighted by molar-refractivity contribution is -0.783. The molecule has 0 saturated carbocycles. The highest BCUT2D eigenvalue weighted by Crippen LogP contribution is 1.95. The summed E-state index contributed by atoms with van der Waals surface area (Å²) in [5.41, 5.74) is 0. The van der Waals surface area contributed by atoms with Crippen LogP contribution >= 0.6 is 0 Å². The summed E-state index contributed by atoms with van der Waals surface area (Å²) in [5.74, 6) is 0. The second-order valence-corrected chi connectivity index (χ2v) is 1.82. The van der Waals surface area contributed by atoms with Gasteiger partial charge in [-0.15, -0.1) is 10.1 Å². The van der Waals surface area contributed by atoms with E-state index >= 15 is 0 Å². The van der Waals surface area contributed by atoms with E-state index in [2.05, 4.69) is 9.57 Å². The Morgan fingerprint density at radius 1 is 1.43 bits per heavy atom. The van der Waals surface area contributed by atoms with Crippen molar-refractivity contribution in [2.45, 2.75) is 6.92 Å². The van der Waals surface area contributed by atoms with Gasteiger partial charge in [0, 0.05) is 5.01 Å². The van der Waals surface area contributed by atoms with Gasteiger partial charge in [-0.05, 0) is 6.92 Å². The number of nitro groups is 1. The number of ether oxygens (including phenoxy) is 1. The van der Waals surface area contributed by atoms with Crippen molar-refractivity contribution >= 4 is 6.09 Å². The standard InChI is InChI=1S/C4H7N3O7/c1-2-13-4(8)5(6(9)10)3-14-7(11)12/h2-3H2,1H3. The van der Waals surface area contributed by atoms with Crippen LogP contribution in [0.2, 0.25) is 0 Å². The van der Waals surface area contributed by atoms with Crippen LogP contribution in [0.15, 0.2) is 0 Å². The normalized spacial score (nSPS) is 8.93. The van der Waals surface area contributed by atoms with E-state index in [0.717, 1.165) is 0 Å². The Kier molecular flexibility index (Phi) is 4.67. The van der Waals surface area contributed by atoms with Gasteiger partial charge in [-0.25, -0.2) is 14.9 Å². The van der Waals surface area contributed by atoms with Crippen molar-refractivity contribution in [1.82, 2.24) is 5.01 Å². The summed E-state index contributed by atoms with van der Waals surface area (Å²) in [6.45, 7) is 0.241. The summed E-state index contributed by atoms with van der Waals surface area (Å²) >= 11 is 0. The second kappa shape index (κ2) is 5.50. The van der Waals surface area contributed by atoms with Gasteiger partial charge in [0.15, 0.2) is 5.03 Å². The minimum Gasteiger partial charge on any atom is -0.446 e. The Labute approximate surface area is 77.2 Å². The molecule has 0 aromatic carbocycles. The van der Waals surface area contributed by atoms with Gasteiger partial charge in [0.2, 0.25) is 6.73 Å². The molecule has 0 fully saturated rings. The summed E-state index contributed by atoms with van der Waals surface area (Å²) in [5, 5.41) is 17.3. The Morgan fingerprint density at radius 3 is 2.36 bits per heavy atom. The lowest BCUT2D eigenvalue weighted by Crippen LogP contribution is -2.39. The zero-order chi connectivity index (χ0) is 11.1. The molecule has 14 heavy (non-hydrogen) atoms. The number of carbonyl (C=O) groups excluding carboxylic acids is 1. The molecule has 0 bridgehead atoms. The number of nitrogens with zero attached hydrogens (tertiary/aromatic N) is 3. The van der Waals surface area contributed by atoms with Crippen molar-refractivity contribution in [2.75, 3.05) is 13.3 Å². The highest BCUT2D eigenvalue weighted by molar-refractivity contribution is 5.65. The zero-order valence-electron chi connectivity index (χ0n) is 7.11. The van der Waals surface area contributed by atoms with Crippen molar-refractivity contribution in [2.24, 2.45) is 0 Å². The smallest absolute Gasteiger partial charge is 0.446 e. The topological polar surface area (TPSA) is 125 Å². The summed E-state index contributed by atoms with van der Waals surface area (Å²) in [6.07, 6.45) is -1.32. The number of amides is 1. The van der Waals surface area contributed by atoms with Crippen molar-refractivity contribution < 1.29 is 24.5 Å². The molecular formula is C4H7N3O7. The fourth-order valence-electron chi connectivity index (χ4n) is 0.466. The van der Waals surface area contributed by atoms with Gasteiger partial charge < -0.3 is 4.74 Å². The fraction of sp³-hybridized carbons (Fsp3) is 0.750. The van der Waals surface area contributed by atoms with Gasteiger partial charge in [0.25, 0.3) is 5.09 Å². The highest BCUT2D eigenvalue weighted by Gasteiger charge is 2.26. The Hall–Kier alpha value is -2.13. The maximum Gasteiger partial charge on any atom is 0.470 e. The van der Waals surface area contributed by atoms with Crippen LogP contribution in [0, 0.1) is 20.2 Å². The van der Waals surface area contributed by atoms with Crippen LogP contribution in [0.4, 0.5) is 4.79 Å². The molecule has 0 heterocycles. The summed E-state index contributed by atoms with van der Waals surface area (Å²) in [6, 6.07) is 0. The molecule has 0 spiro atoms. The second-order valence-electron chi connectivity index (χ2n) is 1.82. The number of carbonyl (C=O) groups is 1. The van der Waals surface area contributed by atoms with Crippen LogP contribution in [-0.4, -0.2) is 34.6 Å². The van der Waals surface area contributed by atoms with E-state index in [1.54, 1.807) is 0 Å². The Bertz CT molecular complexity index is 241. The predicted molar refractivity (Wildman–Crippen MR) is 38.8 cm³/mol. The van der Waals surface area contributed by atoms with Gasteiger partial charge in [-0.1, -0.05) is 0 Å². The molecular weight excluding hydrogens is 202 g/mol. The van der Waals surface area contributed by atoms with Crippen molar-refractivity contribution in [1.29, 1.82) is 0 Å². The first kappa shape index (κ1) is 11.9. The molecule has 0 radical (unpaired) electrons. The van der Waals surface area contributed by atoms with Crippen LogP contribution in [0.1, 0.15) is 6.92 Å². The van der Waals surface area contributed by atoms with E-state index in [4.69, 9.17) is 0 Å². The quantitative estimate of drug-likeness (QED) is 0.348. The average molecular weight is 209 g/mol. The molecule has 0 rings (SSSR count). The Balaban J connectivity index is 4.22. The molecule has 80 valence electrons. The first-order chi connectivity index (χ1) is 6.49. The highest BCUT2D eigenvalue weighted by atomic mass is 17.0. The largest absolute Gasteiger partial charge is 0.470 e. The van der Waals surface area contributed by atoms with Crippen molar-refractivity contribution in [3.8, 4) is 0 Å². The van der Waals surface area contributed by atoms with Gasteiger partial charge >= 0.3 is 6.09 Å². The molecule has 0 aromatic rings. The average Bonchev–Trinajstić information content (AvgIpc) is 2.03. The van der Waals surface area contributed by atoms with E-state index in [0.29, 0.717) is 0 Å². The lowest BCUT2D eigenvalue weighted by atomic mass is 10.8. The summed E-state index contributed by atoms with van der Waals surface area (Å²) < 4.78 is 4.24. The molecule has 1 amide bonds. The summed E-state index contributed by atoms with van der Waals surface area (Å²) in [4.78, 5) is 34.2. The third kappa shape index (κ3) is 4.04. The van der Waals surface area contributed by atoms with Gasteiger partial charge in [-0.2, -0.15) is 0 Å². The van der Waals surface area contributed by atoms with E-state index in [1.807, 2.05) is 0 Å². The predicted octanol–water partition coefficient (Wildman–Crippen LogP) is -0.198. The summed E-state index contributed by atoms with van der Waals surface area (Å²) in [7, 11) is 0. The Morgan fingerprint density at radius 2 is 2.00 bits per heavy atom. The minimum atomic E-state index is -1.32. The van der Waals surface area contributed by atoms with Crippen LogP contribution in [0.5, 0.6) is 0 Å². The van der Waals surface area contributed by atoms with E-state index in [9.17, 15) is 25.0 Å². The molecule has 0 atom stereocenters. The molecule has 0 N–H and O–H groups in total. The van der Waals surface area contributed by atoms with Crippen LogP contribution in [-0.2, 0) is 9.57 Å². The molecule has 0 aliphatic heterocycles. The van der Waals surface area contributed by atoms with Crippen LogP contribution in [0.3, 0.4) is 0 Å². The number of hydrazine groups is 1. The van der Waals surface area contributed by atoms with E-state index in [1.165, 1.54) is 6.92 Å². The van der Waals surface area contributed by atoms with Gasteiger partial charge in [0.05, 0.1) is 6.61 Å². The lowest BCUT2D eigenvalue weighted by Gasteiger charge is -2.09. The maximum absolute atomic E-state index is 10.8. The fourth-order valence-corrected chi connectivity index (χ4v) is 0.466. The molecule has 0 aliphatic carbocycles. The number of hydrogen-bond acceptors (Lipinski definition) is 7. The van der Waals surface area contributed by atoms with Crippen molar-refractivity contribution in [3.63, 3.8) is 0 Å². The SMILES string of the molecule is CCOC(=O)N(CO[N+](=O)[O-])[N+](=O)[O-]. The number of rotatable bonds is 5. The zero-order valence-corrected chi connectivity index (χ0v) is 7.11. The minimum absolute atomic E-state index is 0.0817. The number of hydrogen-bond donors (Lipinski definition) is 0. The monoisotopic (exact) mass is 209 g/mol. The first-order valence-electron chi connectivity index (χ1n) is 3.35. The van der Waals surface area contributed by atoms with Crippen LogP contribution < -0.4 is 0 Å². The molecule has 0 saturated heterocycles. The third-order valence-electron chi connectivity index (χ3n) is 0.961. The molecule has 10 nitrogen and oxygen atoms in total.